The van der Waals surface area contributed by atoms with E-state index < -0.39 is 16.2 Å². The van der Waals surface area contributed by atoms with Gasteiger partial charge in [0.1, 0.15) is 5.82 Å². The molecular formula is C15H19N5O4S. The molecule has 0 spiro atoms. The van der Waals surface area contributed by atoms with Gasteiger partial charge in [-0.1, -0.05) is 0 Å². The SMILES string of the molecule is COC(=O)c1c(-c2ccc(N3CCNCC3)nc2)ccn1S(N)(=O)=O. The molecule has 0 saturated carbocycles. The van der Waals surface area contributed by atoms with Crippen LogP contribution in [-0.4, -0.2) is 56.6 Å². The molecule has 1 aliphatic rings. The second-order valence-electron chi connectivity index (χ2n) is 5.55. The minimum Gasteiger partial charge on any atom is -0.464 e. The third-order valence-electron chi connectivity index (χ3n) is 4.00. The standard InChI is InChI=1S/C15H19N5O4S/c1-24-15(21)14-12(4-7-20(14)25(16,22)23)11-2-3-13(18-10-11)19-8-5-17-6-9-19/h2-4,7,10,17H,5-6,8-9H2,1H3,(H2,16,22,23). The monoisotopic (exact) mass is 365 g/mol. The Morgan fingerprint density at radius 2 is 2.00 bits per heavy atom. The second-order valence-corrected chi connectivity index (χ2v) is 6.98. The maximum atomic E-state index is 12.1. The highest BCUT2D eigenvalue weighted by atomic mass is 32.2. The quantitative estimate of drug-likeness (QED) is 0.720. The molecule has 0 aliphatic carbocycles. The Kier molecular flexibility index (Phi) is 4.75. The minimum atomic E-state index is -4.12. The van der Waals surface area contributed by atoms with Crippen molar-refractivity contribution >= 4 is 22.0 Å². The van der Waals surface area contributed by atoms with Crippen molar-refractivity contribution in [2.45, 2.75) is 0 Å². The fourth-order valence-corrected chi connectivity index (χ4v) is 3.44. The molecule has 1 saturated heterocycles. The zero-order valence-corrected chi connectivity index (χ0v) is 14.5. The largest absolute Gasteiger partial charge is 0.464 e. The molecular weight excluding hydrogens is 346 g/mol. The number of carbonyl (C=O) groups excluding carboxylic acids is 1. The first kappa shape index (κ1) is 17.4. The molecule has 1 fully saturated rings. The van der Waals surface area contributed by atoms with Crippen LogP contribution in [-0.2, 0) is 14.9 Å². The highest BCUT2D eigenvalue weighted by molar-refractivity contribution is 7.87. The third-order valence-corrected chi connectivity index (χ3v) is 4.86. The van der Waals surface area contributed by atoms with Gasteiger partial charge >= 0.3 is 16.2 Å². The Morgan fingerprint density at radius 3 is 2.56 bits per heavy atom. The lowest BCUT2D eigenvalue weighted by Gasteiger charge is -2.28. The third kappa shape index (κ3) is 3.50. The first-order valence-corrected chi connectivity index (χ1v) is 9.17. The maximum absolute atomic E-state index is 12.1. The summed E-state index contributed by atoms with van der Waals surface area (Å²) in [6, 6.07) is 5.13. The molecule has 10 heteroatoms. The number of esters is 1. The number of nitrogens with zero attached hydrogens (tertiary/aromatic N) is 3. The number of nitrogens with two attached hydrogens (primary N) is 1. The Hall–Kier alpha value is -2.43. The zero-order valence-electron chi connectivity index (χ0n) is 13.7. The van der Waals surface area contributed by atoms with E-state index in [0.29, 0.717) is 15.1 Å². The number of methoxy groups -OCH3 is 1. The number of anilines is 1. The van der Waals surface area contributed by atoms with Crippen LogP contribution in [0.25, 0.3) is 11.1 Å². The summed E-state index contributed by atoms with van der Waals surface area (Å²) < 4.78 is 28.8. The summed E-state index contributed by atoms with van der Waals surface area (Å²) in [4.78, 5) is 18.6. The maximum Gasteiger partial charge on any atom is 0.356 e. The summed E-state index contributed by atoms with van der Waals surface area (Å²) >= 11 is 0. The first-order chi connectivity index (χ1) is 11.9. The summed E-state index contributed by atoms with van der Waals surface area (Å²) in [5.41, 5.74) is 0.837. The number of piperazine rings is 1. The van der Waals surface area contributed by atoms with Crippen LogP contribution in [0.5, 0.6) is 0 Å². The van der Waals surface area contributed by atoms with Gasteiger partial charge < -0.3 is 15.0 Å². The molecule has 2 aromatic heterocycles. The Morgan fingerprint density at radius 1 is 1.28 bits per heavy atom. The molecule has 3 rings (SSSR count). The van der Waals surface area contributed by atoms with Crippen LogP contribution >= 0.6 is 0 Å². The van der Waals surface area contributed by atoms with Crippen LogP contribution in [0.1, 0.15) is 10.5 Å². The van der Waals surface area contributed by atoms with Gasteiger partial charge in [-0.15, -0.1) is 0 Å². The fourth-order valence-electron chi connectivity index (χ4n) is 2.78. The molecule has 25 heavy (non-hydrogen) atoms. The van der Waals surface area contributed by atoms with Crippen LogP contribution in [0, 0.1) is 0 Å². The predicted octanol–water partition coefficient (Wildman–Crippen LogP) is -0.202. The molecule has 0 amide bonds. The van der Waals surface area contributed by atoms with Crippen LogP contribution in [0.4, 0.5) is 5.82 Å². The normalized spacial score (nSPS) is 15.2. The van der Waals surface area contributed by atoms with E-state index in [2.05, 4.69) is 15.2 Å². The minimum absolute atomic E-state index is 0.151. The molecule has 9 nitrogen and oxygen atoms in total. The number of aromatic nitrogens is 2. The Balaban J connectivity index is 1.99. The van der Waals surface area contributed by atoms with Gasteiger partial charge in [0.25, 0.3) is 0 Å². The molecule has 134 valence electrons. The van der Waals surface area contributed by atoms with E-state index in [0.717, 1.165) is 32.0 Å². The molecule has 0 aromatic carbocycles. The number of hydrogen-bond acceptors (Lipinski definition) is 7. The summed E-state index contributed by atoms with van der Waals surface area (Å²) in [5.74, 6) is 0.0379. The van der Waals surface area contributed by atoms with Crippen LogP contribution in [0.15, 0.2) is 30.6 Å². The van der Waals surface area contributed by atoms with E-state index >= 15 is 0 Å². The van der Waals surface area contributed by atoms with E-state index in [1.54, 1.807) is 12.3 Å². The molecule has 3 N–H and O–H groups in total. The van der Waals surface area contributed by atoms with Crippen molar-refractivity contribution in [2.75, 3.05) is 38.2 Å². The molecule has 0 unspecified atom stereocenters. The highest BCUT2D eigenvalue weighted by Gasteiger charge is 2.24. The number of pyridine rings is 1. The Labute approximate surface area is 145 Å². The Bertz CT molecular complexity index is 870. The highest BCUT2D eigenvalue weighted by Crippen LogP contribution is 2.27. The van der Waals surface area contributed by atoms with Crippen molar-refractivity contribution in [3.05, 3.63) is 36.3 Å². The topological polar surface area (TPSA) is 120 Å². The number of rotatable bonds is 4. The van der Waals surface area contributed by atoms with Crippen molar-refractivity contribution < 1.29 is 17.9 Å². The first-order valence-electron chi connectivity index (χ1n) is 7.67. The molecule has 3 heterocycles. The van der Waals surface area contributed by atoms with Gasteiger partial charge in [-0.25, -0.2) is 18.9 Å². The summed E-state index contributed by atoms with van der Waals surface area (Å²) in [7, 11) is -2.94. The molecule has 0 atom stereocenters. The lowest BCUT2D eigenvalue weighted by Crippen LogP contribution is -2.43. The van der Waals surface area contributed by atoms with Gasteiger partial charge in [0.15, 0.2) is 5.69 Å². The number of hydrogen-bond donors (Lipinski definition) is 2. The van der Waals surface area contributed by atoms with Crippen LogP contribution in [0.2, 0.25) is 0 Å². The van der Waals surface area contributed by atoms with Gasteiger partial charge in [0.05, 0.1) is 7.11 Å². The van der Waals surface area contributed by atoms with Crippen molar-refractivity contribution in [1.29, 1.82) is 0 Å². The van der Waals surface area contributed by atoms with Crippen molar-refractivity contribution in [3.8, 4) is 11.1 Å². The van der Waals surface area contributed by atoms with E-state index in [4.69, 9.17) is 9.88 Å². The summed E-state index contributed by atoms with van der Waals surface area (Å²) in [5, 5.41) is 8.43. The smallest absolute Gasteiger partial charge is 0.356 e. The average molecular weight is 365 g/mol. The molecule has 0 radical (unpaired) electrons. The predicted molar refractivity (Wildman–Crippen MR) is 92.6 cm³/mol. The number of carbonyl (C=O) groups is 1. The zero-order chi connectivity index (χ0) is 18.0. The van der Waals surface area contributed by atoms with E-state index in [9.17, 15) is 13.2 Å². The van der Waals surface area contributed by atoms with Crippen LogP contribution < -0.4 is 15.4 Å². The van der Waals surface area contributed by atoms with Crippen molar-refractivity contribution in [2.24, 2.45) is 5.14 Å². The fraction of sp³-hybridized carbons (Fsp3) is 0.333. The van der Waals surface area contributed by atoms with Gasteiger partial charge in [0.2, 0.25) is 0 Å². The van der Waals surface area contributed by atoms with Crippen LogP contribution in [0.3, 0.4) is 0 Å². The van der Waals surface area contributed by atoms with E-state index in [1.165, 1.54) is 19.4 Å². The summed E-state index contributed by atoms with van der Waals surface area (Å²) in [6.07, 6.45) is 2.83. The second kappa shape index (κ2) is 6.82. The summed E-state index contributed by atoms with van der Waals surface area (Å²) in [6.45, 7) is 3.52. The van der Waals surface area contributed by atoms with Gasteiger partial charge in [-0.05, 0) is 18.2 Å². The van der Waals surface area contributed by atoms with E-state index in [-0.39, 0.29) is 5.69 Å². The molecule has 0 bridgehead atoms. The van der Waals surface area contributed by atoms with Gasteiger partial charge in [-0.3, -0.25) is 0 Å². The lowest BCUT2D eigenvalue weighted by atomic mass is 10.1. The lowest BCUT2D eigenvalue weighted by molar-refractivity contribution is 0.0593. The van der Waals surface area contributed by atoms with Gasteiger partial charge in [0, 0.05) is 49.7 Å². The molecule has 1 aliphatic heterocycles. The molecule has 2 aromatic rings. The number of nitrogens with one attached hydrogen (secondary N) is 1. The van der Waals surface area contributed by atoms with Gasteiger partial charge in [-0.2, -0.15) is 8.42 Å². The number of ether oxygens (including phenoxy) is 1. The van der Waals surface area contributed by atoms with E-state index in [1.807, 2.05) is 6.07 Å². The average Bonchev–Trinajstić information content (AvgIpc) is 3.07. The van der Waals surface area contributed by atoms with Crippen molar-refractivity contribution in [3.63, 3.8) is 0 Å². The van der Waals surface area contributed by atoms with Crippen molar-refractivity contribution in [1.82, 2.24) is 14.3 Å².